The van der Waals surface area contributed by atoms with Crippen molar-refractivity contribution in [2.24, 2.45) is 0 Å². The maximum atomic E-state index is 11.9. The minimum absolute atomic E-state index is 0.119. The molecule has 2 amide bonds. The van der Waals surface area contributed by atoms with Gasteiger partial charge in [-0.25, -0.2) is 0 Å². The first-order chi connectivity index (χ1) is 9.65. The number of anilines is 1. The van der Waals surface area contributed by atoms with E-state index in [2.05, 4.69) is 10.6 Å². The maximum absolute atomic E-state index is 11.9. The van der Waals surface area contributed by atoms with Gasteiger partial charge in [0.15, 0.2) is 0 Å². The van der Waals surface area contributed by atoms with Crippen molar-refractivity contribution >= 4 is 17.5 Å². The van der Waals surface area contributed by atoms with Crippen molar-refractivity contribution in [1.29, 1.82) is 0 Å². The average molecular weight is 271 g/mol. The minimum atomic E-state index is -0.131. The van der Waals surface area contributed by atoms with Gasteiger partial charge in [0.25, 0.3) is 5.91 Å². The highest BCUT2D eigenvalue weighted by Crippen LogP contribution is 2.09. The molecule has 2 N–H and O–H groups in total. The van der Waals surface area contributed by atoms with Crippen LogP contribution in [0.25, 0.3) is 0 Å². The molecule has 104 valence electrons. The van der Waals surface area contributed by atoms with Crippen molar-refractivity contribution < 1.29 is 9.59 Å². The second kappa shape index (κ2) is 6.56. The van der Waals surface area contributed by atoms with E-state index in [1.54, 1.807) is 24.3 Å². The third-order valence-electron chi connectivity index (χ3n) is 2.79. The van der Waals surface area contributed by atoms with E-state index < -0.39 is 0 Å². The van der Waals surface area contributed by atoms with Gasteiger partial charge in [0.05, 0.1) is 0 Å². The molecule has 0 spiro atoms. The van der Waals surface area contributed by atoms with E-state index in [1.165, 1.54) is 6.92 Å². The Kier molecular flexibility index (Phi) is 4.55. The number of rotatable bonds is 5. The van der Waals surface area contributed by atoms with Crippen molar-refractivity contribution in [2.75, 3.05) is 11.9 Å². The van der Waals surface area contributed by atoms with Gasteiger partial charge in [0, 0.05) is 43.7 Å². The number of nitrogens with one attached hydrogen (secondary N) is 2. The Hall–Kier alpha value is -2.56. The van der Waals surface area contributed by atoms with E-state index in [1.807, 2.05) is 29.1 Å². The van der Waals surface area contributed by atoms with Gasteiger partial charge < -0.3 is 15.2 Å². The molecule has 0 saturated heterocycles. The molecule has 20 heavy (non-hydrogen) atoms. The predicted octanol–water partition coefficient (Wildman–Crippen LogP) is 1.88. The molecule has 2 aromatic rings. The molecule has 0 fully saturated rings. The molecule has 0 aliphatic carbocycles. The summed E-state index contributed by atoms with van der Waals surface area (Å²) >= 11 is 0. The summed E-state index contributed by atoms with van der Waals surface area (Å²) in [4.78, 5) is 22.8. The quantitative estimate of drug-likeness (QED) is 0.872. The molecule has 1 aromatic heterocycles. The fourth-order valence-electron chi connectivity index (χ4n) is 1.83. The smallest absolute Gasteiger partial charge is 0.251 e. The number of hydrogen-bond acceptors (Lipinski definition) is 2. The molecule has 5 heteroatoms. The van der Waals surface area contributed by atoms with Crippen LogP contribution in [0.3, 0.4) is 0 Å². The first-order valence-corrected chi connectivity index (χ1v) is 6.42. The number of aromatic nitrogens is 1. The highest BCUT2D eigenvalue weighted by atomic mass is 16.2. The van der Waals surface area contributed by atoms with Gasteiger partial charge in [-0.2, -0.15) is 0 Å². The van der Waals surface area contributed by atoms with Crippen LogP contribution < -0.4 is 10.6 Å². The van der Waals surface area contributed by atoms with Crippen LogP contribution in [0, 0.1) is 0 Å². The van der Waals surface area contributed by atoms with Gasteiger partial charge in [0.1, 0.15) is 0 Å². The summed E-state index contributed by atoms with van der Waals surface area (Å²) in [5.74, 6) is -0.250. The minimum Gasteiger partial charge on any atom is -0.353 e. The number of benzene rings is 1. The maximum Gasteiger partial charge on any atom is 0.251 e. The first-order valence-electron chi connectivity index (χ1n) is 6.42. The Bertz CT molecular complexity index is 574. The fourth-order valence-corrected chi connectivity index (χ4v) is 1.83. The standard InChI is InChI=1S/C15H17N3O2/c1-12(19)17-14-6-4-13(5-7-14)15(20)16-8-11-18-9-2-3-10-18/h2-7,9-10H,8,11H2,1H3,(H,16,20)(H,17,19). The monoisotopic (exact) mass is 271 g/mol. The van der Waals surface area contributed by atoms with Crippen LogP contribution in [0.5, 0.6) is 0 Å². The van der Waals surface area contributed by atoms with Gasteiger partial charge in [0.2, 0.25) is 5.91 Å². The third kappa shape index (κ3) is 3.98. The second-order valence-corrected chi connectivity index (χ2v) is 4.44. The average Bonchev–Trinajstić information content (AvgIpc) is 2.92. The highest BCUT2D eigenvalue weighted by Gasteiger charge is 2.04. The zero-order valence-electron chi connectivity index (χ0n) is 11.3. The summed E-state index contributed by atoms with van der Waals surface area (Å²) in [5, 5.41) is 5.51. The number of carbonyl (C=O) groups excluding carboxylic acids is 2. The molecule has 0 radical (unpaired) electrons. The molecular weight excluding hydrogens is 254 g/mol. The summed E-state index contributed by atoms with van der Waals surface area (Å²) in [6.07, 6.45) is 3.91. The Labute approximate surface area is 117 Å². The van der Waals surface area contributed by atoms with Crippen LogP contribution in [0.1, 0.15) is 17.3 Å². The molecule has 0 unspecified atom stereocenters. The lowest BCUT2D eigenvalue weighted by Gasteiger charge is -2.07. The van der Waals surface area contributed by atoms with Crippen molar-refractivity contribution in [1.82, 2.24) is 9.88 Å². The summed E-state index contributed by atoms with van der Waals surface area (Å²) < 4.78 is 2.00. The Morgan fingerprint density at radius 2 is 1.75 bits per heavy atom. The van der Waals surface area contributed by atoms with Crippen LogP contribution in [-0.4, -0.2) is 22.9 Å². The lowest BCUT2D eigenvalue weighted by Crippen LogP contribution is -2.26. The molecule has 1 aromatic carbocycles. The number of carbonyl (C=O) groups is 2. The molecule has 0 aliphatic heterocycles. The Morgan fingerprint density at radius 1 is 1.10 bits per heavy atom. The highest BCUT2D eigenvalue weighted by molar-refractivity contribution is 5.95. The van der Waals surface area contributed by atoms with Gasteiger partial charge in [-0.1, -0.05) is 0 Å². The summed E-state index contributed by atoms with van der Waals surface area (Å²) in [5.41, 5.74) is 1.26. The van der Waals surface area contributed by atoms with Crippen LogP contribution in [0.4, 0.5) is 5.69 Å². The molecule has 0 atom stereocenters. The van der Waals surface area contributed by atoms with E-state index >= 15 is 0 Å². The normalized spacial score (nSPS) is 10.1. The third-order valence-corrected chi connectivity index (χ3v) is 2.79. The second-order valence-electron chi connectivity index (χ2n) is 4.44. The van der Waals surface area contributed by atoms with Crippen molar-refractivity contribution in [3.8, 4) is 0 Å². The molecule has 0 bridgehead atoms. The number of nitrogens with zero attached hydrogens (tertiary/aromatic N) is 1. The predicted molar refractivity (Wildman–Crippen MR) is 77.5 cm³/mol. The van der Waals surface area contributed by atoms with E-state index in [0.29, 0.717) is 17.8 Å². The topological polar surface area (TPSA) is 63.1 Å². The zero-order valence-corrected chi connectivity index (χ0v) is 11.3. The van der Waals surface area contributed by atoms with Gasteiger partial charge in [-0.3, -0.25) is 9.59 Å². The molecule has 0 saturated carbocycles. The van der Waals surface area contributed by atoms with Crippen LogP contribution in [-0.2, 0) is 11.3 Å². The largest absolute Gasteiger partial charge is 0.353 e. The van der Waals surface area contributed by atoms with Crippen molar-refractivity contribution in [3.05, 3.63) is 54.4 Å². The molecule has 1 heterocycles. The Balaban J connectivity index is 1.84. The van der Waals surface area contributed by atoms with Gasteiger partial charge >= 0.3 is 0 Å². The summed E-state index contributed by atoms with van der Waals surface area (Å²) in [6.45, 7) is 2.76. The lowest BCUT2D eigenvalue weighted by atomic mass is 10.2. The van der Waals surface area contributed by atoms with Crippen LogP contribution in [0.2, 0.25) is 0 Å². The summed E-state index contributed by atoms with van der Waals surface area (Å²) in [6, 6.07) is 10.7. The molecule has 2 rings (SSSR count). The molecule has 0 aliphatic rings. The fraction of sp³-hybridized carbons (Fsp3) is 0.200. The Morgan fingerprint density at radius 3 is 2.35 bits per heavy atom. The van der Waals surface area contributed by atoms with Crippen LogP contribution in [0.15, 0.2) is 48.8 Å². The first kappa shape index (κ1) is 13.9. The van der Waals surface area contributed by atoms with E-state index in [4.69, 9.17) is 0 Å². The van der Waals surface area contributed by atoms with E-state index in [-0.39, 0.29) is 11.8 Å². The van der Waals surface area contributed by atoms with E-state index in [9.17, 15) is 9.59 Å². The number of amides is 2. The van der Waals surface area contributed by atoms with Gasteiger partial charge in [-0.05, 0) is 36.4 Å². The molecular formula is C15H17N3O2. The zero-order chi connectivity index (χ0) is 14.4. The SMILES string of the molecule is CC(=O)Nc1ccc(C(=O)NCCn2cccc2)cc1. The van der Waals surface area contributed by atoms with Crippen molar-refractivity contribution in [2.45, 2.75) is 13.5 Å². The van der Waals surface area contributed by atoms with Gasteiger partial charge in [-0.15, -0.1) is 0 Å². The molecule has 5 nitrogen and oxygen atoms in total. The summed E-state index contributed by atoms with van der Waals surface area (Å²) in [7, 11) is 0. The van der Waals surface area contributed by atoms with E-state index in [0.717, 1.165) is 6.54 Å². The lowest BCUT2D eigenvalue weighted by molar-refractivity contribution is -0.114. The number of hydrogen-bond donors (Lipinski definition) is 2. The van der Waals surface area contributed by atoms with Crippen LogP contribution >= 0.6 is 0 Å². The van der Waals surface area contributed by atoms with Crippen molar-refractivity contribution in [3.63, 3.8) is 0 Å².